The molecule has 0 heterocycles. The highest BCUT2D eigenvalue weighted by atomic mass is 79.9. The fourth-order valence-electron chi connectivity index (χ4n) is 0.771. The predicted molar refractivity (Wildman–Crippen MR) is 46.6 cm³/mol. The minimum absolute atomic E-state index is 0.00229. The molecule has 12 heavy (non-hydrogen) atoms. The Balaban J connectivity index is 3.32. The molecular weight excluding hydrogens is 225 g/mol. The molecule has 1 aromatic rings. The Kier molecular flexibility index (Phi) is 2.74. The fraction of sp³-hybridized carbons (Fsp3) is 0.125. The summed E-state index contributed by atoms with van der Waals surface area (Å²) in [6.45, 7) is 1.75. The quantitative estimate of drug-likeness (QED) is 0.538. The minimum atomic E-state index is -0.515. The summed E-state index contributed by atoms with van der Waals surface area (Å²) in [6.07, 6.45) is 1.29. The van der Waals surface area contributed by atoms with E-state index in [1.54, 1.807) is 6.92 Å². The van der Waals surface area contributed by atoms with Gasteiger partial charge in [-0.1, -0.05) is 15.9 Å². The summed E-state index contributed by atoms with van der Waals surface area (Å²) in [5.74, 6) is -0.515. The standard InChI is InChI=1S/C8H5BrFNO/c1-5-2-7(10)8(11-4-12)3-6(5)9/h2-3H,1H3. The van der Waals surface area contributed by atoms with Gasteiger partial charge in [-0.2, -0.15) is 4.99 Å². The third-order valence-corrected chi connectivity index (χ3v) is 2.25. The van der Waals surface area contributed by atoms with Crippen LogP contribution in [0, 0.1) is 12.7 Å². The fourth-order valence-corrected chi connectivity index (χ4v) is 1.10. The van der Waals surface area contributed by atoms with Gasteiger partial charge in [0.2, 0.25) is 6.08 Å². The first-order valence-electron chi connectivity index (χ1n) is 3.18. The molecule has 0 atom stereocenters. The molecule has 2 nitrogen and oxygen atoms in total. The number of rotatable bonds is 1. The van der Waals surface area contributed by atoms with Gasteiger partial charge in [0.1, 0.15) is 11.5 Å². The molecular formula is C8H5BrFNO. The van der Waals surface area contributed by atoms with Gasteiger partial charge in [-0.3, -0.25) is 0 Å². The van der Waals surface area contributed by atoms with Crippen molar-refractivity contribution in [3.05, 3.63) is 28.0 Å². The third kappa shape index (κ3) is 1.78. The van der Waals surface area contributed by atoms with E-state index in [9.17, 15) is 9.18 Å². The Labute approximate surface area is 77.3 Å². The Morgan fingerprint density at radius 1 is 1.58 bits per heavy atom. The Bertz CT molecular complexity index is 358. The van der Waals surface area contributed by atoms with Crippen molar-refractivity contribution in [3.63, 3.8) is 0 Å². The highest BCUT2D eigenvalue weighted by Crippen LogP contribution is 2.25. The topological polar surface area (TPSA) is 29.4 Å². The molecule has 4 heteroatoms. The van der Waals surface area contributed by atoms with E-state index in [0.717, 1.165) is 10.0 Å². The molecule has 62 valence electrons. The van der Waals surface area contributed by atoms with Gasteiger partial charge in [0.25, 0.3) is 0 Å². The van der Waals surface area contributed by atoms with Crippen LogP contribution in [0.25, 0.3) is 0 Å². The van der Waals surface area contributed by atoms with Crippen molar-refractivity contribution in [1.82, 2.24) is 0 Å². The van der Waals surface area contributed by atoms with Crippen LogP contribution in [0.5, 0.6) is 0 Å². The normalized spacial score (nSPS) is 9.25. The van der Waals surface area contributed by atoms with Crippen molar-refractivity contribution < 1.29 is 9.18 Å². The predicted octanol–water partition coefficient (Wildman–Crippen LogP) is 2.86. The Morgan fingerprint density at radius 3 is 2.83 bits per heavy atom. The maximum atomic E-state index is 12.9. The second-order valence-electron chi connectivity index (χ2n) is 2.26. The van der Waals surface area contributed by atoms with Crippen LogP contribution in [-0.2, 0) is 4.79 Å². The summed E-state index contributed by atoms with van der Waals surface area (Å²) >= 11 is 3.19. The number of carbonyl (C=O) groups excluding carboxylic acids is 1. The Hall–Kier alpha value is -0.990. The minimum Gasteiger partial charge on any atom is -0.211 e. The van der Waals surface area contributed by atoms with E-state index in [1.165, 1.54) is 18.2 Å². The van der Waals surface area contributed by atoms with Crippen LogP contribution in [0.1, 0.15) is 5.56 Å². The lowest BCUT2D eigenvalue weighted by atomic mass is 10.2. The van der Waals surface area contributed by atoms with Gasteiger partial charge < -0.3 is 0 Å². The molecule has 0 unspecified atom stereocenters. The highest BCUT2D eigenvalue weighted by Gasteiger charge is 2.03. The van der Waals surface area contributed by atoms with Crippen LogP contribution in [0.3, 0.4) is 0 Å². The van der Waals surface area contributed by atoms with E-state index in [-0.39, 0.29) is 5.69 Å². The molecule has 0 spiro atoms. The Morgan fingerprint density at radius 2 is 2.25 bits per heavy atom. The van der Waals surface area contributed by atoms with E-state index >= 15 is 0 Å². The molecule has 0 aliphatic rings. The van der Waals surface area contributed by atoms with E-state index in [4.69, 9.17) is 0 Å². The van der Waals surface area contributed by atoms with Gasteiger partial charge in [0.05, 0.1) is 0 Å². The molecule has 1 aromatic carbocycles. The number of halogens is 2. The van der Waals surface area contributed by atoms with E-state index in [1.807, 2.05) is 0 Å². The second kappa shape index (κ2) is 3.61. The zero-order valence-electron chi connectivity index (χ0n) is 6.27. The monoisotopic (exact) mass is 229 g/mol. The molecule has 0 saturated carbocycles. The van der Waals surface area contributed by atoms with E-state index in [2.05, 4.69) is 20.9 Å². The third-order valence-electron chi connectivity index (χ3n) is 1.39. The number of benzene rings is 1. The van der Waals surface area contributed by atoms with Gasteiger partial charge in [-0.05, 0) is 24.6 Å². The lowest BCUT2D eigenvalue weighted by Gasteiger charge is -1.99. The van der Waals surface area contributed by atoms with Gasteiger partial charge in [0, 0.05) is 4.47 Å². The van der Waals surface area contributed by atoms with Crippen molar-refractivity contribution >= 4 is 27.7 Å². The molecule has 0 saturated heterocycles. The molecule has 0 fully saturated rings. The second-order valence-corrected chi connectivity index (χ2v) is 3.11. The number of hydrogen-bond acceptors (Lipinski definition) is 2. The first-order chi connectivity index (χ1) is 5.65. The lowest BCUT2D eigenvalue weighted by Crippen LogP contribution is -1.80. The average Bonchev–Trinajstić information content (AvgIpc) is 2.01. The maximum absolute atomic E-state index is 12.9. The molecule has 0 aromatic heterocycles. The first-order valence-corrected chi connectivity index (χ1v) is 3.98. The van der Waals surface area contributed by atoms with Gasteiger partial charge in [-0.25, -0.2) is 9.18 Å². The summed E-state index contributed by atoms with van der Waals surface area (Å²) in [6, 6.07) is 2.75. The summed E-state index contributed by atoms with van der Waals surface area (Å²) in [5.41, 5.74) is 0.764. The molecule has 1 rings (SSSR count). The molecule has 0 aliphatic carbocycles. The highest BCUT2D eigenvalue weighted by molar-refractivity contribution is 9.10. The number of hydrogen-bond donors (Lipinski definition) is 0. The van der Waals surface area contributed by atoms with Crippen molar-refractivity contribution in [2.45, 2.75) is 6.92 Å². The largest absolute Gasteiger partial charge is 0.240 e. The number of nitrogens with zero attached hydrogens (tertiary/aromatic N) is 1. The van der Waals surface area contributed by atoms with Crippen LogP contribution in [-0.4, -0.2) is 6.08 Å². The van der Waals surface area contributed by atoms with Gasteiger partial charge in [0.15, 0.2) is 0 Å². The molecule has 0 radical (unpaired) electrons. The first kappa shape index (κ1) is 9.10. The van der Waals surface area contributed by atoms with Crippen molar-refractivity contribution in [2.75, 3.05) is 0 Å². The summed E-state index contributed by atoms with van der Waals surface area (Å²) in [4.78, 5) is 13.0. The van der Waals surface area contributed by atoms with Crippen LogP contribution >= 0.6 is 15.9 Å². The zero-order chi connectivity index (χ0) is 9.14. The van der Waals surface area contributed by atoms with Crippen LogP contribution in [0.15, 0.2) is 21.6 Å². The maximum Gasteiger partial charge on any atom is 0.240 e. The molecule has 0 bridgehead atoms. The van der Waals surface area contributed by atoms with Crippen molar-refractivity contribution in [1.29, 1.82) is 0 Å². The molecule has 0 N–H and O–H groups in total. The van der Waals surface area contributed by atoms with Crippen LogP contribution in [0.4, 0.5) is 10.1 Å². The van der Waals surface area contributed by atoms with Crippen LogP contribution < -0.4 is 0 Å². The summed E-state index contributed by atoms with van der Waals surface area (Å²) < 4.78 is 13.6. The van der Waals surface area contributed by atoms with Crippen LogP contribution in [0.2, 0.25) is 0 Å². The molecule has 0 aliphatic heterocycles. The van der Waals surface area contributed by atoms with Gasteiger partial charge >= 0.3 is 0 Å². The number of aryl methyl sites for hydroxylation is 1. The molecule has 0 amide bonds. The van der Waals surface area contributed by atoms with Crippen molar-refractivity contribution in [3.8, 4) is 0 Å². The van der Waals surface area contributed by atoms with Gasteiger partial charge in [-0.15, -0.1) is 0 Å². The van der Waals surface area contributed by atoms with E-state index < -0.39 is 5.82 Å². The zero-order valence-corrected chi connectivity index (χ0v) is 7.85. The van der Waals surface area contributed by atoms with Crippen molar-refractivity contribution in [2.24, 2.45) is 4.99 Å². The average molecular weight is 230 g/mol. The summed E-state index contributed by atoms with van der Waals surface area (Å²) in [7, 11) is 0. The van der Waals surface area contributed by atoms with E-state index in [0.29, 0.717) is 0 Å². The lowest BCUT2D eigenvalue weighted by molar-refractivity contribution is 0.564. The SMILES string of the molecule is Cc1cc(F)c(N=C=O)cc1Br. The number of isocyanates is 1. The smallest absolute Gasteiger partial charge is 0.211 e. The summed E-state index contributed by atoms with van der Waals surface area (Å²) in [5, 5.41) is 0. The number of aliphatic imine (C=N–C) groups is 1.